The second-order valence-electron chi connectivity index (χ2n) is 8.28. The second kappa shape index (κ2) is 8.08. The molecular weight excluding hydrogens is 364 g/mol. The van der Waals surface area contributed by atoms with E-state index in [9.17, 15) is 9.90 Å². The van der Waals surface area contributed by atoms with E-state index in [4.69, 9.17) is 16.3 Å². The monoisotopic (exact) mass is 392 g/mol. The van der Waals surface area contributed by atoms with E-state index in [0.717, 1.165) is 51.0 Å². The number of halogens is 1. The lowest BCUT2D eigenvalue weighted by Gasteiger charge is -2.36. The van der Waals surface area contributed by atoms with Gasteiger partial charge in [0.2, 0.25) is 5.91 Å². The van der Waals surface area contributed by atoms with Crippen LogP contribution < -0.4 is 0 Å². The number of hydrogen-bond donors (Lipinski definition) is 1. The molecule has 2 unspecified atom stereocenters. The van der Waals surface area contributed by atoms with Gasteiger partial charge in [0.05, 0.1) is 11.6 Å². The van der Waals surface area contributed by atoms with E-state index >= 15 is 0 Å². The molecule has 3 fully saturated rings. The molecule has 0 saturated carbocycles. The zero-order valence-electron chi connectivity index (χ0n) is 15.8. The van der Waals surface area contributed by atoms with Crippen LogP contribution >= 0.6 is 11.6 Å². The molecule has 5 nitrogen and oxygen atoms in total. The van der Waals surface area contributed by atoms with Crippen LogP contribution in [-0.4, -0.2) is 71.3 Å². The molecule has 0 spiro atoms. The Bertz CT molecular complexity index is 679. The van der Waals surface area contributed by atoms with Crippen molar-refractivity contribution in [2.24, 2.45) is 0 Å². The number of rotatable bonds is 4. The zero-order chi connectivity index (χ0) is 18.9. The zero-order valence-corrected chi connectivity index (χ0v) is 16.5. The van der Waals surface area contributed by atoms with Gasteiger partial charge in [0.25, 0.3) is 0 Å². The molecule has 1 amide bonds. The molecule has 6 heteroatoms. The molecule has 0 radical (unpaired) electrons. The van der Waals surface area contributed by atoms with Crippen LogP contribution in [0.25, 0.3) is 0 Å². The molecule has 2 atom stereocenters. The molecule has 1 aromatic carbocycles. The first kappa shape index (κ1) is 19.2. The number of carbonyl (C=O) groups excluding carboxylic acids is 1. The van der Waals surface area contributed by atoms with Gasteiger partial charge in [-0.1, -0.05) is 23.7 Å². The number of carbonyl (C=O) groups is 1. The molecule has 3 aliphatic rings. The predicted octanol–water partition coefficient (Wildman–Crippen LogP) is 2.49. The summed E-state index contributed by atoms with van der Waals surface area (Å²) in [5, 5.41) is 11.7. The van der Waals surface area contributed by atoms with Gasteiger partial charge in [0, 0.05) is 43.8 Å². The summed E-state index contributed by atoms with van der Waals surface area (Å²) in [6, 6.07) is 8.06. The van der Waals surface area contributed by atoms with Crippen molar-refractivity contribution in [1.29, 1.82) is 0 Å². The van der Waals surface area contributed by atoms with Crippen molar-refractivity contribution in [3.05, 3.63) is 34.9 Å². The van der Waals surface area contributed by atoms with Crippen LogP contribution in [-0.2, 0) is 16.0 Å². The highest BCUT2D eigenvalue weighted by atomic mass is 35.5. The van der Waals surface area contributed by atoms with E-state index < -0.39 is 5.60 Å². The van der Waals surface area contributed by atoms with Crippen LogP contribution in [0.5, 0.6) is 0 Å². The van der Waals surface area contributed by atoms with Crippen molar-refractivity contribution in [3.63, 3.8) is 0 Å². The summed E-state index contributed by atoms with van der Waals surface area (Å²) < 4.78 is 5.48. The maximum atomic E-state index is 13.2. The highest BCUT2D eigenvalue weighted by Gasteiger charge is 2.43. The number of ether oxygens (including phenoxy) is 1. The van der Waals surface area contributed by atoms with Crippen LogP contribution in [0.3, 0.4) is 0 Å². The number of β-amino-alcohol motifs (C(OH)–C–C–N with tert-alkyl or cyclic N) is 1. The Kier molecular flexibility index (Phi) is 5.74. The number of nitrogens with zero attached hydrogens (tertiary/aromatic N) is 2. The van der Waals surface area contributed by atoms with Crippen LogP contribution in [0.1, 0.15) is 37.7 Å². The molecule has 148 valence electrons. The number of hydrogen-bond acceptors (Lipinski definition) is 4. The third-order valence-corrected chi connectivity index (χ3v) is 6.54. The summed E-state index contributed by atoms with van der Waals surface area (Å²) in [6.07, 6.45) is 5.19. The van der Waals surface area contributed by atoms with Gasteiger partial charge in [-0.05, 0) is 56.3 Å². The van der Waals surface area contributed by atoms with Gasteiger partial charge >= 0.3 is 0 Å². The Morgan fingerprint density at radius 1 is 1.26 bits per heavy atom. The molecule has 1 aromatic rings. The van der Waals surface area contributed by atoms with Crippen molar-refractivity contribution >= 4 is 17.5 Å². The minimum absolute atomic E-state index is 0.0263. The van der Waals surface area contributed by atoms with Gasteiger partial charge in [-0.25, -0.2) is 0 Å². The number of aliphatic hydroxyl groups is 1. The average molecular weight is 393 g/mol. The lowest BCUT2D eigenvalue weighted by molar-refractivity contribution is -0.137. The molecule has 0 aliphatic carbocycles. The van der Waals surface area contributed by atoms with Gasteiger partial charge in [-0.2, -0.15) is 0 Å². The third-order valence-electron chi connectivity index (χ3n) is 6.31. The second-order valence-corrected chi connectivity index (χ2v) is 8.72. The topological polar surface area (TPSA) is 53.0 Å². The van der Waals surface area contributed by atoms with Crippen molar-refractivity contribution in [2.75, 3.05) is 32.8 Å². The first-order valence-corrected chi connectivity index (χ1v) is 10.5. The quantitative estimate of drug-likeness (QED) is 0.855. The lowest BCUT2D eigenvalue weighted by atomic mass is 9.94. The van der Waals surface area contributed by atoms with Crippen LogP contribution in [0.4, 0.5) is 0 Å². The highest BCUT2D eigenvalue weighted by Crippen LogP contribution is 2.31. The van der Waals surface area contributed by atoms with E-state index in [1.54, 1.807) is 0 Å². The first-order valence-electron chi connectivity index (χ1n) is 10.1. The van der Waals surface area contributed by atoms with E-state index in [1.165, 1.54) is 0 Å². The van der Waals surface area contributed by atoms with Crippen LogP contribution in [0, 0.1) is 0 Å². The van der Waals surface area contributed by atoms with Gasteiger partial charge in [0.15, 0.2) is 0 Å². The van der Waals surface area contributed by atoms with E-state index in [2.05, 4.69) is 4.90 Å². The summed E-state index contributed by atoms with van der Waals surface area (Å²) in [7, 11) is 0. The van der Waals surface area contributed by atoms with Gasteiger partial charge < -0.3 is 14.7 Å². The molecule has 3 heterocycles. The SMILES string of the molecule is O=C(C1CCCN1C1CCOCC1)N1CCC(O)(Cc2cccc(Cl)c2)C1. The Labute approximate surface area is 166 Å². The number of benzene rings is 1. The van der Waals surface area contributed by atoms with Gasteiger partial charge in [-0.3, -0.25) is 9.69 Å². The maximum absolute atomic E-state index is 13.2. The van der Waals surface area contributed by atoms with Crippen molar-refractivity contribution in [2.45, 2.75) is 56.2 Å². The Morgan fingerprint density at radius 3 is 2.85 bits per heavy atom. The molecule has 0 aromatic heterocycles. The summed E-state index contributed by atoms with van der Waals surface area (Å²) in [5.41, 5.74) is 0.159. The maximum Gasteiger partial charge on any atom is 0.240 e. The Morgan fingerprint density at radius 2 is 2.07 bits per heavy atom. The summed E-state index contributed by atoms with van der Waals surface area (Å²) in [4.78, 5) is 17.5. The molecule has 1 N–H and O–H groups in total. The molecular formula is C21H29ClN2O3. The van der Waals surface area contributed by atoms with Gasteiger partial charge in [-0.15, -0.1) is 0 Å². The van der Waals surface area contributed by atoms with E-state index in [0.29, 0.717) is 37.0 Å². The molecule has 3 saturated heterocycles. The van der Waals surface area contributed by atoms with Crippen LogP contribution in [0.15, 0.2) is 24.3 Å². The molecule has 27 heavy (non-hydrogen) atoms. The normalized spacial score (nSPS) is 30.1. The fourth-order valence-electron chi connectivity index (χ4n) is 4.93. The fraction of sp³-hybridized carbons (Fsp3) is 0.667. The first-order chi connectivity index (χ1) is 13.0. The van der Waals surface area contributed by atoms with Crippen molar-refractivity contribution < 1.29 is 14.6 Å². The molecule has 4 rings (SSSR count). The summed E-state index contributed by atoms with van der Waals surface area (Å²) >= 11 is 6.07. The lowest BCUT2D eigenvalue weighted by Crippen LogP contribution is -2.50. The summed E-state index contributed by atoms with van der Waals surface area (Å²) in [6.45, 7) is 3.64. The van der Waals surface area contributed by atoms with Gasteiger partial charge in [0.1, 0.15) is 0 Å². The minimum Gasteiger partial charge on any atom is -0.388 e. The van der Waals surface area contributed by atoms with Crippen molar-refractivity contribution in [1.82, 2.24) is 9.80 Å². The summed E-state index contributed by atoms with van der Waals surface area (Å²) in [5.74, 6) is 0.195. The highest BCUT2D eigenvalue weighted by molar-refractivity contribution is 6.30. The van der Waals surface area contributed by atoms with E-state index in [1.807, 2.05) is 29.2 Å². The largest absolute Gasteiger partial charge is 0.388 e. The number of amides is 1. The minimum atomic E-state index is -0.859. The molecule has 3 aliphatic heterocycles. The third kappa shape index (κ3) is 4.32. The fourth-order valence-corrected chi connectivity index (χ4v) is 5.15. The Hall–Kier alpha value is -1.14. The van der Waals surface area contributed by atoms with Crippen LogP contribution in [0.2, 0.25) is 5.02 Å². The molecule has 0 bridgehead atoms. The van der Waals surface area contributed by atoms with E-state index in [-0.39, 0.29) is 11.9 Å². The Balaban J connectivity index is 1.39. The predicted molar refractivity (Wildman–Crippen MR) is 105 cm³/mol. The number of likely N-dealkylation sites (tertiary alicyclic amines) is 2. The smallest absolute Gasteiger partial charge is 0.240 e. The standard InChI is InChI=1S/C21H29ClN2O3/c22-17-4-1-3-16(13-17)14-21(26)8-10-23(15-21)20(25)19-5-2-9-24(19)18-6-11-27-12-7-18/h1,3-4,13,18-19,26H,2,5-12,14-15H2. The average Bonchev–Trinajstić information content (AvgIpc) is 3.29. The van der Waals surface area contributed by atoms with Crippen molar-refractivity contribution in [3.8, 4) is 0 Å².